The maximum atomic E-state index is 11.8. The van der Waals surface area contributed by atoms with Gasteiger partial charge in [-0.3, -0.25) is 0 Å². The predicted octanol–water partition coefficient (Wildman–Crippen LogP) is 1.97. The van der Waals surface area contributed by atoms with Gasteiger partial charge in [-0.25, -0.2) is 4.79 Å². The molecule has 0 aromatic carbocycles. The van der Waals surface area contributed by atoms with E-state index < -0.39 is 0 Å². The second kappa shape index (κ2) is 3.41. The molecule has 0 aromatic heterocycles. The fraction of sp³-hybridized carbons (Fsp3) is 0.800. The molecule has 1 unspecified atom stereocenters. The SMILES string of the molecule is C=C1C(=O)O[C@@H]2[C@H]3O[C@]3(C)CC[C@H]3OC3(C)CC[C@@H]12. The highest BCUT2D eigenvalue weighted by Gasteiger charge is 2.64. The Hall–Kier alpha value is -0.870. The Morgan fingerprint density at radius 1 is 1.16 bits per heavy atom. The molecule has 0 aromatic rings. The van der Waals surface area contributed by atoms with Crippen LogP contribution in [0.1, 0.15) is 39.5 Å². The van der Waals surface area contributed by atoms with E-state index in [0.29, 0.717) is 11.7 Å². The summed E-state index contributed by atoms with van der Waals surface area (Å²) in [6.07, 6.45) is 4.15. The quantitative estimate of drug-likeness (QED) is 0.381. The maximum absolute atomic E-state index is 11.8. The molecular weight excluding hydrogens is 244 g/mol. The lowest BCUT2D eigenvalue weighted by atomic mass is 9.81. The molecule has 1 saturated carbocycles. The van der Waals surface area contributed by atoms with Crippen LogP contribution in [0.2, 0.25) is 0 Å². The summed E-state index contributed by atoms with van der Waals surface area (Å²) >= 11 is 0. The second-order valence-corrected chi connectivity index (χ2v) is 6.85. The average molecular weight is 264 g/mol. The van der Waals surface area contributed by atoms with Crippen LogP contribution in [-0.4, -0.2) is 35.5 Å². The van der Waals surface area contributed by atoms with E-state index in [1.54, 1.807) is 0 Å². The normalized spacial score (nSPS) is 55.7. The molecular formula is C15H20O4. The van der Waals surface area contributed by atoms with Gasteiger partial charge < -0.3 is 14.2 Å². The molecule has 4 fully saturated rings. The number of fused-ring (bicyclic) bond motifs is 4. The van der Waals surface area contributed by atoms with Gasteiger partial charge in [0.25, 0.3) is 0 Å². The Morgan fingerprint density at radius 2 is 1.89 bits per heavy atom. The van der Waals surface area contributed by atoms with Crippen molar-refractivity contribution in [1.29, 1.82) is 0 Å². The summed E-state index contributed by atoms with van der Waals surface area (Å²) in [5, 5.41) is 0. The van der Waals surface area contributed by atoms with Gasteiger partial charge in [-0.1, -0.05) is 6.58 Å². The molecule has 3 heterocycles. The van der Waals surface area contributed by atoms with Crippen molar-refractivity contribution in [2.24, 2.45) is 5.92 Å². The van der Waals surface area contributed by atoms with Crippen LogP contribution in [0.4, 0.5) is 0 Å². The van der Waals surface area contributed by atoms with Crippen LogP contribution in [0.15, 0.2) is 12.2 Å². The molecule has 0 N–H and O–H groups in total. The van der Waals surface area contributed by atoms with Crippen molar-refractivity contribution < 1.29 is 19.0 Å². The van der Waals surface area contributed by atoms with E-state index >= 15 is 0 Å². The van der Waals surface area contributed by atoms with Crippen molar-refractivity contribution in [2.75, 3.05) is 0 Å². The first-order chi connectivity index (χ1) is 8.93. The number of carbonyl (C=O) groups is 1. The number of hydrogen-bond acceptors (Lipinski definition) is 4. The Morgan fingerprint density at radius 3 is 2.68 bits per heavy atom. The van der Waals surface area contributed by atoms with Crippen LogP contribution < -0.4 is 0 Å². The van der Waals surface area contributed by atoms with Gasteiger partial charge in [0.2, 0.25) is 0 Å². The number of carbonyl (C=O) groups excluding carboxylic acids is 1. The fourth-order valence-corrected chi connectivity index (χ4v) is 3.85. The van der Waals surface area contributed by atoms with E-state index in [2.05, 4.69) is 20.4 Å². The Bertz CT molecular complexity index is 473. The van der Waals surface area contributed by atoms with Gasteiger partial charge >= 0.3 is 5.97 Å². The third-order valence-electron chi connectivity index (χ3n) is 5.48. The minimum Gasteiger partial charge on any atom is -0.455 e. The number of rotatable bonds is 0. The lowest BCUT2D eigenvalue weighted by molar-refractivity contribution is -0.140. The predicted molar refractivity (Wildman–Crippen MR) is 67.5 cm³/mol. The van der Waals surface area contributed by atoms with E-state index in [1.165, 1.54) is 0 Å². The zero-order chi connectivity index (χ0) is 13.4. The first-order valence-corrected chi connectivity index (χ1v) is 7.18. The average Bonchev–Trinajstić information content (AvgIpc) is 3.18. The van der Waals surface area contributed by atoms with Gasteiger partial charge in [-0.15, -0.1) is 0 Å². The van der Waals surface area contributed by atoms with Crippen molar-refractivity contribution >= 4 is 5.97 Å². The van der Waals surface area contributed by atoms with E-state index in [1.807, 2.05) is 0 Å². The highest BCUT2D eigenvalue weighted by molar-refractivity contribution is 5.91. The van der Waals surface area contributed by atoms with Crippen molar-refractivity contribution in [1.82, 2.24) is 0 Å². The topological polar surface area (TPSA) is 51.4 Å². The lowest BCUT2D eigenvalue weighted by Gasteiger charge is -2.20. The molecule has 0 amide bonds. The van der Waals surface area contributed by atoms with Gasteiger partial charge in [0.15, 0.2) is 0 Å². The molecule has 4 rings (SSSR count). The second-order valence-electron chi connectivity index (χ2n) is 6.85. The van der Waals surface area contributed by atoms with Gasteiger partial charge in [0.05, 0.1) is 17.3 Å². The number of epoxide rings is 2. The fourth-order valence-electron chi connectivity index (χ4n) is 3.85. The van der Waals surface area contributed by atoms with E-state index in [9.17, 15) is 4.79 Å². The van der Waals surface area contributed by atoms with Crippen LogP contribution >= 0.6 is 0 Å². The standard InChI is InChI=1S/C15H20O4/c1-8-9-4-6-14(2)10(18-14)5-7-15(3)12(19-15)11(9)17-13(8)16/h9-12H,1,4-7H2,2-3H3/t9-,10+,11-,12+,14?,15+/m0/s1. The third kappa shape index (κ3) is 1.62. The smallest absolute Gasteiger partial charge is 0.334 e. The summed E-state index contributed by atoms with van der Waals surface area (Å²) in [5.74, 6) is -0.149. The monoisotopic (exact) mass is 264 g/mol. The molecule has 4 heteroatoms. The molecule has 3 aliphatic heterocycles. The van der Waals surface area contributed by atoms with E-state index in [0.717, 1.165) is 25.7 Å². The first kappa shape index (κ1) is 11.9. The molecule has 104 valence electrons. The minimum absolute atomic E-state index is 0.00540. The van der Waals surface area contributed by atoms with E-state index in [-0.39, 0.29) is 35.3 Å². The number of hydrogen-bond donors (Lipinski definition) is 0. The van der Waals surface area contributed by atoms with Crippen LogP contribution in [0, 0.1) is 5.92 Å². The van der Waals surface area contributed by atoms with Crippen molar-refractivity contribution in [3.8, 4) is 0 Å². The zero-order valence-corrected chi connectivity index (χ0v) is 11.5. The van der Waals surface area contributed by atoms with Gasteiger partial charge in [-0.05, 0) is 39.5 Å². The summed E-state index contributed by atoms with van der Waals surface area (Å²) in [6.45, 7) is 8.20. The van der Waals surface area contributed by atoms with Gasteiger partial charge in [0, 0.05) is 11.5 Å². The summed E-state index contributed by atoms with van der Waals surface area (Å²) in [7, 11) is 0. The Labute approximate surface area is 113 Å². The molecule has 0 radical (unpaired) electrons. The molecule has 6 atom stereocenters. The Balaban J connectivity index is 1.62. The largest absolute Gasteiger partial charge is 0.455 e. The lowest BCUT2D eigenvalue weighted by Crippen LogP contribution is -2.30. The van der Waals surface area contributed by atoms with Crippen molar-refractivity contribution in [2.45, 2.75) is 69.0 Å². The molecule has 4 nitrogen and oxygen atoms in total. The van der Waals surface area contributed by atoms with Gasteiger partial charge in [-0.2, -0.15) is 0 Å². The molecule has 3 saturated heterocycles. The highest BCUT2D eigenvalue weighted by Crippen LogP contribution is 2.54. The molecule has 1 aliphatic carbocycles. The zero-order valence-electron chi connectivity index (χ0n) is 11.5. The van der Waals surface area contributed by atoms with Crippen LogP contribution in [0.25, 0.3) is 0 Å². The first-order valence-electron chi connectivity index (χ1n) is 7.18. The number of ether oxygens (including phenoxy) is 3. The van der Waals surface area contributed by atoms with Crippen LogP contribution in [0.5, 0.6) is 0 Å². The summed E-state index contributed by atoms with van der Waals surface area (Å²) in [5.41, 5.74) is 0.469. The molecule has 19 heavy (non-hydrogen) atoms. The summed E-state index contributed by atoms with van der Waals surface area (Å²) in [4.78, 5) is 11.8. The van der Waals surface area contributed by atoms with Crippen molar-refractivity contribution in [3.63, 3.8) is 0 Å². The van der Waals surface area contributed by atoms with Crippen LogP contribution in [-0.2, 0) is 19.0 Å². The summed E-state index contributed by atoms with van der Waals surface area (Å²) in [6, 6.07) is 0. The molecule has 0 bridgehead atoms. The third-order valence-corrected chi connectivity index (χ3v) is 5.48. The molecule has 4 aliphatic rings. The highest BCUT2D eigenvalue weighted by atomic mass is 16.6. The van der Waals surface area contributed by atoms with Crippen LogP contribution in [0.3, 0.4) is 0 Å². The molecule has 0 spiro atoms. The minimum atomic E-state index is -0.245. The van der Waals surface area contributed by atoms with Gasteiger partial charge in [0.1, 0.15) is 12.2 Å². The van der Waals surface area contributed by atoms with E-state index in [4.69, 9.17) is 14.2 Å². The summed E-state index contributed by atoms with van der Waals surface area (Å²) < 4.78 is 17.2. The Kier molecular flexibility index (Phi) is 2.14. The maximum Gasteiger partial charge on any atom is 0.334 e. The van der Waals surface area contributed by atoms with Crippen molar-refractivity contribution in [3.05, 3.63) is 12.2 Å². The number of esters is 1.